The first-order valence-electron chi connectivity index (χ1n) is 9.60. The van der Waals surface area contributed by atoms with Crippen molar-refractivity contribution in [1.29, 1.82) is 0 Å². The number of sulfonamides is 1. The van der Waals surface area contributed by atoms with Crippen LogP contribution in [0.25, 0.3) is 0 Å². The van der Waals surface area contributed by atoms with Gasteiger partial charge < -0.3 is 14.8 Å². The molecule has 2 aromatic rings. The zero-order chi connectivity index (χ0) is 21.9. The van der Waals surface area contributed by atoms with Gasteiger partial charge in [-0.1, -0.05) is 15.9 Å². The van der Waals surface area contributed by atoms with Gasteiger partial charge in [0.15, 0.2) is 6.10 Å². The number of morpholine rings is 1. The Morgan fingerprint density at radius 2 is 1.70 bits per heavy atom. The molecular weight excluding hydrogens is 472 g/mol. The zero-order valence-corrected chi connectivity index (χ0v) is 19.5. The molecule has 30 heavy (non-hydrogen) atoms. The van der Waals surface area contributed by atoms with Gasteiger partial charge in [-0.2, -0.15) is 4.31 Å². The summed E-state index contributed by atoms with van der Waals surface area (Å²) in [6, 6.07) is 10.0. The van der Waals surface area contributed by atoms with Gasteiger partial charge in [0, 0.05) is 23.2 Å². The van der Waals surface area contributed by atoms with Crippen LogP contribution in [0.2, 0.25) is 0 Å². The Labute approximate surface area is 185 Å². The largest absolute Gasteiger partial charge is 0.480 e. The topological polar surface area (TPSA) is 84.9 Å². The summed E-state index contributed by atoms with van der Waals surface area (Å²) in [6.45, 7) is 6.98. The fourth-order valence-corrected chi connectivity index (χ4v) is 5.30. The lowest BCUT2D eigenvalue weighted by Crippen LogP contribution is -2.40. The Balaban J connectivity index is 1.65. The second-order valence-corrected chi connectivity index (χ2v) is 10.0. The van der Waals surface area contributed by atoms with Crippen LogP contribution in [0.1, 0.15) is 18.1 Å². The van der Waals surface area contributed by atoms with Crippen molar-refractivity contribution in [2.24, 2.45) is 0 Å². The van der Waals surface area contributed by atoms with Crippen LogP contribution in [0.5, 0.6) is 5.75 Å². The number of hydrogen-bond donors (Lipinski definition) is 1. The monoisotopic (exact) mass is 496 g/mol. The zero-order valence-electron chi connectivity index (χ0n) is 17.1. The van der Waals surface area contributed by atoms with Crippen LogP contribution in [0.4, 0.5) is 5.69 Å². The van der Waals surface area contributed by atoms with E-state index >= 15 is 0 Å². The second kappa shape index (κ2) is 9.47. The van der Waals surface area contributed by atoms with Crippen LogP contribution in [0.15, 0.2) is 45.8 Å². The third kappa shape index (κ3) is 5.21. The molecule has 0 radical (unpaired) electrons. The molecule has 1 N–H and O–H groups in total. The molecule has 7 nitrogen and oxygen atoms in total. The Morgan fingerprint density at radius 3 is 2.27 bits per heavy atom. The Bertz CT molecular complexity index is 995. The van der Waals surface area contributed by atoms with Gasteiger partial charge in [-0.25, -0.2) is 8.42 Å². The molecule has 0 saturated carbocycles. The fourth-order valence-electron chi connectivity index (χ4n) is 3.20. The molecule has 0 aliphatic carbocycles. The standard InChI is InChI=1S/C21H25BrN2O5S/c1-14-12-17(22)13-15(2)20(14)29-16(3)21(25)23-18-4-6-19(7-5-18)30(26,27)24-8-10-28-11-9-24/h4-7,12-13,16H,8-11H2,1-3H3,(H,23,25). The van der Waals surface area contributed by atoms with Crippen LogP contribution in [0, 0.1) is 13.8 Å². The van der Waals surface area contributed by atoms with E-state index in [4.69, 9.17) is 9.47 Å². The summed E-state index contributed by atoms with van der Waals surface area (Å²) in [5.74, 6) is 0.355. The van der Waals surface area contributed by atoms with Gasteiger partial charge in [0.05, 0.1) is 18.1 Å². The molecule has 0 aromatic heterocycles. The van der Waals surface area contributed by atoms with Crippen molar-refractivity contribution >= 4 is 37.5 Å². The number of rotatable bonds is 6. The molecule has 1 aliphatic heterocycles. The molecule has 1 fully saturated rings. The molecule has 1 unspecified atom stereocenters. The smallest absolute Gasteiger partial charge is 0.265 e. The maximum Gasteiger partial charge on any atom is 0.265 e. The van der Waals surface area contributed by atoms with E-state index in [1.807, 2.05) is 26.0 Å². The highest BCUT2D eigenvalue weighted by atomic mass is 79.9. The number of ether oxygens (including phenoxy) is 2. The fraction of sp³-hybridized carbons (Fsp3) is 0.381. The lowest BCUT2D eigenvalue weighted by molar-refractivity contribution is -0.122. The summed E-state index contributed by atoms with van der Waals surface area (Å²) in [5.41, 5.74) is 2.36. The summed E-state index contributed by atoms with van der Waals surface area (Å²) in [6.07, 6.45) is -0.722. The van der Waals surface area contributed by atoms with Crippen molar-refractivity contribution in [3.63, 3.8) is 0 Å². The second-order valence-electron chi connectivity index (χ2n) is 7.16. The first-order chi connectivity index (χ1) is 14.2. The van der Waals surface area contributed by atoms with Gasteiger partial charge in [0.1, 0.15) is 5.75 Å². The molecule has 2 aromatic carbocycles. The van der Waals surface area contributed by atoms with Crippen LogP contribution in [-0.4, -0.2) is 51.0 Å². The number of anilines is 1. The predicted octanol–water partition coefficient (Wildman–Crippen LogP) is 3.49. The van der Waals surface area contributed by atoms with Crippen molar-refractivity contribution in [3.8, 4) is 5.75 Å². The van der Waals surface area contributed by atoms with Gasteiger partial charge in [0.2, 0.25) is 10.0 Å². The first-order valence-corrected chi connectivity index (χ1v) is 11.8. The lowest BCUT2D eigenvalue weighted by Gasteiger charge is -2.26. The number of carbonyl (C=O) groups is 1. The van der Waals surface area contributed by atoms with Gasteiger partial charge in [0.25, 0.3) is 5.91 Å². The molecule has 1 saturated heterocycles. The minimum Gasteiger partial charge on any atom is -0.480 e. The number of nitrogens with zero attached hydrogens (tertiary/aromatic N) is 1. The molecule has 162 valence electrons. The average molecular weight is 497 g/mol. The highest BCUT2D eigenvalue weighted by Gasteiger charge is 2.26. The normalized spacial score (nSPS) is 16.1. The number of halogens is 1. The molecule has 0 spiro atoms. The van der Waals surface area contributed by atoms with Gasteiger partial charge >= 0.3 is 0 Å². The highest BCUT2D eigenvalue weighted by molar-refractivity contribution is 9.10. The number of nitrogens with one attached hydrogen (secondary N) is 1. The maximum atomic E-state index is 12.7. The van der Waals surface area contributed by atoms with E-state index < -0.39 is 16.1 Å². The molecule has 3 rings (SSSR count). The summed E-state index contributed by atoms with van der Waals surface area (Å²) in [4.78, 5) is 12.7. The highest BCUT2D eigenvalue weighted by Crippen LogP contribution is 2.28. The summed E-state index contributed by atoms with van der Waals surface area (Å²) in [5, 5.41) is 2.77. The van der Waals surface area contributed by atoms with E-state index in [2.05, 4.69) is 21.2 Å². The van der Waals surface area contributed by atoms with E-state index in [9.17, 15) is 13.2 Å². The van der Waals surface area contributed by atoms with Gasteiger partial charge in [-0.15, -0.1) is 0 Å². The summed E-state index contributed by atoms with van der Waals surface area (Å²) < 4.78 is 38.8. The number of aryl methyl sites for hydroxylation is 2. The van der Waals surface area contributed by atoms with Crippen LogP contribution < -0.4 is 10.1 Å². The van der Waals surface area contributed by atoms with Crippen molar-refractivity contribution in [3.05, 3.63) is 52.0 Å². The maximum absolute atomic E-state index is 12.7. The van der Waals surface area contributed by atoms with Crippen LogP contribution in [0.3, 0.4) is 0 Å². The molecule has 0 bridgehead atoms. The minimum absolute atomic E-state index is 0.188. The number of hydrogen-bond acceptors (Lipinski definition) is 5. The quantitative estimate of drug-likeness (QED) is 0.661. The minimum atomic E-state index is -3.57. The van der Waals surface area contributed by atoms with Crippen LogP contribution in [-0.2, 0) is 19.6 Å². The number of carbonyl (C=O) groups excluding carboxylic acids is 1. The predicted molar refractivity (Wildman–Crippen MR) is 118 cm³/mol. The van der Waals surface area contributed by atoms with Crippen molar-refractivity contribution in [2.45, 2.75) is 31.8 Å². The molecule has 1 amide bonds. The SMILES string of the molecule is Cc1cc(Br)cc(C)c1OC(C)C(=O)Nc1ccc(S(=O)(=O)N2CCOCC2)cc1. The third-order valence-electron chi connectivity index (χ3n) is 4.82. The summed E-state index contributed by atoms with van der Waals surface area (Å²) >= 11 is 3.44. The Kier molecular flexibility index (Phi) is 7.18. The molecular formula is C21H25BrN2O5S. The van der Waals surface area contributed by atoms with E-state index in [-0.39, 0.29) is 10.8 Å². The van der Waals surface area contributed by atoms with Gasteiger partial charge in [-0.05, 0) is 68.3 Å². The molecule has 9 heteroatoms. The number of benzene rings is 2. The van der Waals surface area contributed by atoms with E-state index in [1.165, 1.54) is 16.4 Å². The Morgan fingerprint density at radius 1 is 1.13 bits per heavy atom. The van der Waals surface area contributed by atoms with E-state index in [0.717, 1.165) is 15.6 Å². The molecule has 1 atom stereocenters. The molecule has 1 aliphatic rings. The van der Waals surface area contributed by atoms with Gasteiger partial charge in [-0.3, -0.25) is 4.79 Å². The number of amides is 1. The third-order valence-corrected chi connectivity index (χ3v) is 7.19. The molecule has 1 heterocycles. The van der Waals surface area contributed by atoms with Crippen molar-refractivity contribution in [1.82, 2.24) is 4.31 Å². The van der Waals surface area contributed by atoms with Crippen LogP contribution >= 0.6 is 15.9 Å². The lowest BCUT2D eigenvalue weighted by atomic mass is 10.1. The van der Waals surface area contributed by atoms with Crippen molar-refractivity contribution < 1.29 is 22.7 Å². The summed E-state index contributed by atoms with van der Waals surface area (Å²) in [7, 11) is -3.57. The Hall–Kier alpha value is -1.94. The first kappa shape index (κ1) is 22.7. The average Bonchev–Trinajstić information content (AvgIpc) is 2.71. The van der Waals surface area contributed by atoms with Crippen molar-refractivity contribution in [2.75, 3.05) is 31.6 Å². The van der Waals surface area contributed by atoms with E-state index in [0.29, 0.717) is 37.7 Å². The van der Waals surface area contributed by atoms with E-state index in [1.54, 1.807) is 19.1 Å².